The largest absolute Gasteiger partial charge is 0.480 e. The molecule has 1 aliphatic rings. The number of hydrogen-bond donors (Lipinski definition) is 2. The normalized spacial score (nSPS) is 16.1. The van der Waals surface area contributed by atoms with Gasteiger partial charge in [-0.05, 0) is 37.1 Å². The lowest BCUT2D eigenvalue weighted by molar-refractivity contribution is -0.149. The number of aliphatic carboxylic acids is 1. The van der Waals surface area contributed by atoms with E-state index in [1.807, 2.05) is 24.3 Å². The van der Waals surface area contributed by atoms with Crippen LogP contribution in [0.5, 0.6) is 0 Å². The Balaban J connectivity index is 1.76. The number of carbonyl (C=O) groups is 2. The minimum Gasteiger partial charge on any atom is -0.480 e. The van der Waals surface area contributed by atoms with Crippen molar-refractivity contribution in [1.29, 1.82) is 0 Å². The molecule has 0 aliphatic heterocycles. The van der Waals surface area contributed by atoms with Crippen LogP contribution in [0.25, 0.3) is 21.8 Å². The maximum atomic E-state index is 12.9. The summed E-state index contributed by atoms with van der Waals surface area (Å²) >= 11 is 0. The Kier molecular flexibility index (Phi) is 4.63. The van der Waals surface area contributed by atoms with Crippen LogP contribution in [0.4, 0.5) is 0 Å². The fourth-order valence-electron chi connectivity index (χ4n) is 4.24. The molecule has 1 aromatic heterocycles. The summed E-state index contributed by atoms with van der Waals surface area (Å²) in [5.74, 6) is -1.33. The number of nitrogens with one attached hydrogen (secondary N) is 1. The highest BCUT2D eigenvalue weighted by atomic mass is 16.4. The second-order valence-corrected chi connectivity index (χ2v) is 7.45. The molecule has 1 saturated carbocycles. The summed E-state index contributed by atoms with van der Waals surface area (Å²) in [6.45, 7) is -0.0453. The fourth-order valence-corrected chi connectivity index (χ4v) is 4.24. The molecule has 1 amide bonds. The lowest BCUT2D eigenvalue weighted by Crippen LogP contribution is -2.56. The molecule has 0 saturated heterocycles. The molecule has 6 heteroatoms. The van der Waals surface area contributed by atoms with Gasteiger partial charge in [-0.15, -0.1) is 0 Å². The van der Waals surface area contributed by atoms with Crippen molar-refractivity contribution in [2.45, 2.75) is 44.2 Å². The van der Waals surface area contributed by atoms with Crippen LogP contribution in [0.1, 0.15) is 32.1 Å². The van der Waals surface area contributed by atoms with E-state index in [-0.39, 0.29) is 17.9 Å². The number of para-hydroxylation sites is 2. The molecule has 28 heavy (non-hydrogen) atoms. The monoisotopic (exact) mass is 378 g/mol. The van der Waals surface area contributed by atoms with Crippen molar-refractivity contribution in [3.63, 3.8) is 0 Å². The lowest BCUT2D eigenvalue weighted by Gasteiger charge is -2.34. The third-order valence-electron chi connectivity index (χ3n) is 5.68. The zero-order chi connectivity index (χ0) is 19.7. The van der Waals surface area contributed by atoms with Gasteiger partial charge in [-0.3, -0.25) is 9.59 Å². The second kappa shape index (κ2) is 7.11. The number of hydrogen-bond acceptors (Lipinski definition) is 3. The first-order valence-electron chi connectivity index (χ1n) is 9.56. The predicted molar refractivity (Wildman–Crippen MR) is 107 cm³/mol. The number of amides is 1. The van der Waals surface area contributed by atoms with E-state index in [1.165, 1.54) is 0 Å². The van der Waals surface area contributed by atoms with E-state index in [9.17, 15) is 19.5 Å². The molecule has 0 spiro atoms. The predicted octanol–water partition coefficient (Wildman–Crippen LogP) is 3.06. The smallest absolute Gasteiger partial charge is 0.329 e. The number of carboxylic acid groups (broad SMARTS) is 1. The Morgan fingerprint density at radius 2 is 1.46 bits per heavy atom. The van der Waals surface area contributed by atoms with Crippen LogP contribution in [0.2, 0.25) is 0 Å². The zero-order valence-corrected chi connectivity index (χ0v) is 15.5. The van der Waals surface area contributed by atoms with Gasteiger partial charge in [0.1, 0.15) is 12.1 Å². The molecule has 144 valence electrons. The first kappa shape index (κ1) is 18.2. The van der Waals surface area contributed by atoms with Gasteiger partial charge in [0, 0.05) is 10.8 Å². The first-order chi connectivity index (χ1) is 13.5. The number of fused-ring (bicyclic) bond motifs is 2. The lowest BCUT2D eigenvalue weighted by atomic mass is 9.81. The van der Waals surface area contributed by atoms with Crippen molar-refractivity contribution in [3.8, 4) is 0 Å². The van der Waals surface area contributed by atoms with Crippen LogP contribution in [0.3, 0.4) is 0 Å². The van der Waals surface area contributed by atoms with Crippen LogP contribution < -0.4 is 10.7 Å². The van der Waals surface area contributed by atoms with Crippen molar-refractivity contribution in [1.82, 2.24) is 9.88 Å². The van der Waals surface area contributed by atoms with E-state index in [0.717, 1.165) is 19.3 Å². The van der Waals surface area contributed by atoms with Crippen molar-refractivity contribution in [3.05, 3.63) is 58.8 Å². The van der Waals surface area contributed by atoms with Gasteiger partial charge in [-0.25, -0.2) is 4.79 Å². The van der Waals surface area contributed by atoms with Crippen LogP contribution >= 0.6 is 0 Å². The zero-order valence-electron chi connectivity index (χ0n) is 15.5. The van der Waals surface area contributed by atoms with E-state index in [1.54, 1.807) is 28.8 Å². The van der Waals surface area contributed by atoms with Gasteiger partial charge in [0.05, 0.1) is 11.0 Å². The molecule has 6 nitrogen and oxygen atoms in total. The van der Waals surface area contributed by atoms with E-state index in [0.29, 0.717) is 34.6 Å². The Morgan fingerprint density at radius 1 is 0.929 bits per heavy atom. The average Bonchev–Trinajstić information content (AvgIpc) is 2.71. The molecular weight excluding hydrogens is 356 g/mol. The number of rotatable bonds is 4. The van der Waals surface area contributed by atoms with Crippen molar-refractivity contribution in [2.24, 2.45) is 0 Å². The molecule has 1 heterocycles. The third kappa shape index (κ3) is 3.05. The van der Waals surface area contributed by atoms with E-state index in [2.05, 4.69) is 5.32 Å². The summed E-state index contributed by atoms with van der Waals surface area (Å²) in [7, 11) is 0. The van der Waals surface area contributed by atoms with Crippen molar-refractivity contribution < 1.29 is 14.7 Å². The summed E-state index contributed by atoms with van der Waals surface area (Å²) in [5, 5.41) is 13.6. The van der Waals surface area contributed by atoms with Crippen LogP contribution in [0.15, 0.2) is 53.3 Å². The Hall–Kier alpha value is -3.15. The molecular formula is C22H22N2O4. The molecule has 2 aromatic carbocycles. The number of aromatic nitrogens is 1. The molecule has 0 atom stereocenters. The summed E-state index contributed by atoms with van der Waals surface area (Å²) in [6, 6.07) is 14.4. The fraction of sp³-hybridized carbons (Fsp3) is 0.318. The maximum absolute atomic E-state index is 12.9. The quantitative estimate of drug-likeness (QED) is 0.683. The summed E-state index contributed by atoms with van der Waals surface area (Å²) in [4.78, 5) is 37.6. The molecule has 2 N–H and O–H groups in total. The topological polar surface area (TPSA) is 88.4 Å². The van der Waals surface area contributed by atoms with Gasteiger partial charge in [0.2, 0.25) is 5.91 Å². The summed E-state index contributed by atoms with van der Waals surface area (Å²) in [5.41, 5.74) is 0.0563. The van der Waals surface area contributed by atoms with Gasteiger partial charge in [-0.2, -0.15) is 0 Å². The molecule has 0 bridgehead atoms. The van der Waals surface area contributed by atoms with Gasteiger partial charge in [0.25, 0.3) is 0 Å². The molecule has 0 unspecified atom stereocenters. The summed E-state index contributed by atoms with van der Waals surface area (Å²) in [6.07, 6.45) is 3.45. The second-order valence-electron chi connectivity index (χ2n) is 7.45. The molecule has 0 radical (unpaired) electrons. The number of carbonyl (C=O) groups excluding carboxylic acids is 1. The van der Waals surface area contributed by atoms with Crippen LogP contribution in [-0.2, 0) is 16.1 Å². The van der Waals surface area contributed by atoms with Crippen molar-refractivity contribution >= 4 is 33.7 Å². The van der Waals surface area contributed by atoms with Crippen molar-refractivity contribution in [2.75, 3.05) is 0 Å². The van der Waals surface area contributed by atoms with E-state index >= 15 is 0 Å². The minimum absolute atomic E-state index is 0.0453. The van der Waals surface area contributed by atoms with E-state index < -0.39 is 11.5 Å². The van der Waals surface area contributed by atoms with Gasteiger partial charge in [-0.1, -0.05) is 43.5 Å². The summed E-state index contributed by atoms with van der Waals surface area (Å²) < 4.78 is 1.79. The highest BCUT2D eigenvalue weighted by Crippen LogP contribution is 2.28. The molecule has 3 aromatic rings. The van der Waals surface area contributed by atoms with Gasteiger partial charge < -0.3 is 15.0 Å². The average molecular weight is 378 g/mol. The first-order valence-corrected chi connectivity index (χ1v) is 9.56. The molecule has 1 fully saturated rings. The van der Waals surface area contributed by atoms with E-state index in [4.69, 9.17) is 0 Å². The van der Waals surface area contributed by atoms with Gasteiger partial charge in [0.15, 0.2) is 5.43 Å². The van der Waals surface area contributed by atoms with Gasteiger partial charge >= 0.3 is 5.97 Å². The highest BCUT2D eigenvalue weighted by molar-refractivity contribution is 5.95. The number of benzene rings is 2. The Morgan fingerprint density at radius 3 is 2.00 bits per heavy atom. The van der Waals surface area contributed by atoms with Crippen LogP contribution in [-0.4, -0.2) is 27.1 Å². The highest BCUT2D eigenvalue weighted by Gasteiger charge is 2.40. The Bertz CT molecular complexity index is 1070. The Labute approximate surface area is 161 Å². The number of pyridine rings is 1. The molecule has 1 aliphatic carbocycles. The third-order valence-corrected chi connectivity index (χ3v) is 5.68. The number of nitrogens with zero attached hydrogens (tertiary/aromatic N) is 1. The SMILES string of the molecule is O=C(Cn1c2ccccc2c(=O)c2ccccc21)NC1(C(=O)O)CCCCC1. The maximum Gasteiger partial charge on any atom is 0.329 e. The van der Waals surface area contributed by atoms with Crippen LogP contribution in [0, 0.1) is 0 Å². The number of carboxylic acids is 1. The minimum atomic E-state index is -1.19. The molecule has 4 rings (SSSR count). The standard InChI is InChI=1S/C22H22N2O4/c25-19(23-22(21(27)28)12-6-1-7-13-22)14-24-17-10-4-2-8-15(17)20(26)16-9-3-5-11-18(16)24/h2-5,8-11H,1,6-7,12-14H2,(H,23,25)(H,27,28).